The number of nitrogens with one attached hydrogen (secondary N) is 2. The Kier molecular flexibility index (Phi) is 5.48. The minimum atomic E-state index is -0.651. The van der Waals surface area contributed by atoms with Crippen LogP contribution >= 0.6 is 22.9 Å². The van der Waals surface area contributed by atoms with Crippen LogP contribution in [-0.2, 0) is 19.1 Å². The second kappa shape index (κ2) is 8.06. The number of carbonyl (C=O) groups excluding carboxylic acids is 3. The van der Waals surface area contributed by atoms with Crippen molar-refractivity contribution in [3.63, 3.8) is 0 Å². The fraction of sp³-hybridized carbons (Fsp3) is 0.609. The summed E-state index contributed by atoms with van der Waals surface area (Å²) in [6.07, 6.45) is 5.36. The van der Waals surface area contributed by atoms with Gasteiger partial charge in [-0.3, -0.25) is 4.79 Å². The van der Waals surface area contributed by atoms with Crippen LogP contribution in [0.25, 0.3) is 0 Å². The minimum absolute atomic E-state index is 0.186. The Labute approximate surface area is 195 Å². The van der Waals surface area contributed by atoms with E-state index in [4.69, 9.17) is 21.1 Å². The molecule has 0 saturated heterocycles. The van der Waals surface area contributed by atoms with E-state index in [9.17, 15) is 14.4 Å². The van der Waals surface area contributed by atoms with Gasteiger partial charge in [0.05, 0.1) is 29.3 Å². The maximum Gasteiger partial charge on any atom is 0.338 e. The number of halogens is 1. The van der Waals surface area contributed by atoms with Gasteiger partial charge in [-0.15, -0.1) is 22.9 Å². The minimum Gasteiger partial charge on any atom is -0.463 e. The van der Waals surface area contributed by atoms with Crippen molar-refractivity contribution in [1.29, 1.82) is 0 Å². The quantitative estimate of drug-likeness (QED) is 0.475. The molecule has 2 N–H and O–H groups in total. The molecule has 6 rings (SSSR count). The average Bonchev–Trinajstić information content (AvgIpc) is 3.24. The summed E-state index contributed by atoms with van der Waals surface area (Å²) >= 11 is 8.29. The van der Waals surface area contributed by atoms with E-state index in [0.29, 0.717) is 18.3 Å². The van der Waals surface area contributed by atoms with E-state index in [0.717, 1.165) is 37.0 Å². The van der Waals surface area contributed by atoms with E-state index in [-0.39, 0.29) is 35.3 Å². The third-order valence-electron chi connectivity index (χ3n) is 7.25. The predicted octanol–water partition coefficient (Wildman–Crippen LogP) is 4.04. The number of urea groups is 1. The molecule has 172 valence electrons. The number of amides is 2. The summed E-state index contributed by atoms with van der Waals surface area (Å²) in [6, 6.07) is 2.60. The maximum absolute atomic E-state index is 13.3. The van der Waals surface area contributed by atoms with Crippen LogP contribution < -0.4 is 10.6 Å². The Morgan fingerprint density at radius 3 is 2.59 bits per heavy atom. The van der Waals surface area contributed by atoms with Crippen LogP contribution in [0.2, 0.25) is 0 Å². The van der Waals surface area contributed by atoms with Crippen molar-refractivity contribution in [3.05, 3.63) is 33.7 Å². The normalized spacial score (nSPS) is 35.3. The van der Waals surface area contributed by atoms with Crippen LogP contribution in [0, 0.1) is 17.3 Å². The number of esters is 2. The number of hydrogen-bond donors (Lipinski definition) is 2. The van der Waals surface area contributed by atoms with E-state index in [1.807, 2.05) is 17.5 Å². The molecule has 4 fully saturated rings. The number of hydrogen-bond acceptors (Lipinski definition) is 6. The van der Waals surface area contributed by atoms with Gasteiger partial charge in [0.1, 0.15) is 6.61 Å². The van der Waals surface area contributed by atoms with Crippen molar-refractivity contribution in [2.45, 2.75) is 56.4 Å². The first kappa shape index (κ1) is 21.8. The lowest BCUT2D eigenvalue weighted by Gasteiger charge is -2.58. The third-order valence-corrected chi connectivity index (χ3v) is 8.63. The third kappa shape index (κ3) is 3.81. The van der Waals surface area contributed by atoms with Crippen molar-refractivity contribution in [2.24, 2.45) is 17.3 Å². The van der Waals surface area contributed by atoms with Gasteiger partial charge in [0.25, 0.3) is 0 Å². The van der Waals surface area contributed by atoms with E-state index >= 15 is 0 Å². The van der Waals surface area contributed by atoms with E-state index in [2.05, 4.69) is 10.6 Å². The topological polar surface area (TPSA) is 93.7 Å². The van der Waals surface area contributed by atoms with Gasteiger partial charge in [-0.05, 0) is 68.7 Å². The van der Waals surface area contributed by atoms with Crippen LogP contribution in [0.5, 0.6) is 0 Å². The molecule has 32 heavy (non-hydrogen) atoms. The predicted molar refractivity (Wildman–Crippen MR) is 119 cm³/mol. The van der Waals surface area contributed by atoms with Crippen molar-refractivity contribution < 1.29 is 23.9 Å². The standard InChI is InChI=1S/C23H27ClN2O5S/c1-2-30-19(27)17-15(25-21(29)26-18(17)16-4-3-5-32-16)11-31-20(28)22-7-13-6-14(8-22)10-23(24,9-13)12-22/h3-5,13-14,18H,2,6-12H2,1H3,(H2,25,26,29). The van der Waals surface area contributed by atoms with Crippen molar-refractivity contribution in [2.75, 3.05) is 13.2 Å². The monoisotopic (exact) mass is 478 g/mol. The average molecular weight is 479 g/mol. The number of thiophene rings is 1. The molecule has 4 aliphatic carbocycles. The van der Waals surface area contributed by atoms with Crippen LogP contribution in [0.1, 0.15) is 56.4 Å². The fourth-order valence-corrected chi connectivity index (χ4v) is 8.01. The van der Waals surface area contributed by atoms with Gasteiger partial charge in [0.15, 0.2) is 0 Å². The van der Waals surface area contributed by atoms with Crippen LogP contribution in [0.15, 0.2) is 28.8 Å². The smallest absolute Gasteiger partial charge is 0.338 e. The molecule has 9 heteroatoms. The first-order valence-corrected chi connectivity index (χ1v) is 12.4. The molecule has 1 aliphatic heterocycles. The number of alkyl halides is 1. The Hall–Kier alpha value is -2.06. The van der Waals surface area contributed by atoms with Crippen molar-refractivity contribution >= 4 is 40.9 Å². The summed E-state index contributed by atoms with van der Waals surface area (Å²) in [4.78, 5) is 39.0. The highest BCUT2D eigenvalue weighted by Crippen LogP contribution is 2.64. The molecule has 0 aromatic carbocycles. The van der Waals surface area contributed by atoms with E-state index < -0.39 is 23.5 Å². The second-order valence-corrected chi connectivity index (χ2v) is 11.4. The zero-order chi connectivity index (χ0) is 22.5. The molecule has 3 atom stereocenters. The molecule has 7 nitrogen and oxygen atoms in total. The molecular weight excluding hydrogens is 452 g/mol. The molecule has 0 spiro atoms. The molecule has 3 unspecified atom stereocenters. The van der Waals surface area contributed by atoms with Gasteiger partial charge < -0.3 is 20.1 Å². The van der Waals surface area contributed by atoms with Crippen molar-refractivity contribution in [1.82, 2.24) is 10.6 Å². The molecule has 2 amide bonds. The number of ether oxygens (including phenoxy) is 2. The summed E-state index contributed by atoms with van der Waals surface area (Å²) in [6.45, 7) is 1.74. The number of rotatable bonds is 6. The summed E-state index contributed by atoms with van der Waals surface area (Å²) in [5, 5.41) is 7.32. The Bertz CT molecular complexity index is 961. The van der Waals surface area contributed by atoms with Gasteiger partial charge in [0, 0.05) is 9.75 Å². The Balaban J connectivity index is 1.39. The summed E-state index contributed by atoms with van der Waals surface area (Å²) in [7, 11) is 0. The SMILES string of the molecule is CCOC(=O)C1=C(COC(=O)C23CC4CC(CC(Cl)(C4)C2)C3)NC(=O)NC1c1cccs1. The Morgan fingerprint density at radius 1 is 1.22 bits per heavy atom. The molecule has 5 aliphatic rings. The molecule has 1 aromatic rings. The fourth-order valence-electron chi connectivity index (χ4n) is 6.53. The molecule has 4 saturated carbocycles. The van der Waals surface area contributed by atoms with Gasteiger partial charge in [-0.1, -0.05) is 6.07 Å². The van der Waals surface area contributed by atoms with Gasteiger partial charge in [-0.25, -0.2) is 9.59 Å². The highest BCUT2D eigenvalue weighted by Gasteiger charge is 2.60. The lowest BCUT2D eigenvalue weighted by Crippen LogP contribution is -2.56. The maximum atomic E-state index is 13.3. The lowest BCUT2D eigenvalue weighted by atomic mass is 9.49. The van der Waals surface area contributed by atoms with Gasteiger partial charge >= 0.3 is 18.0 Å². The highest BCUT2D eigenvalue weighted by molar-refractivity contribution is 7.10. The summed E-state index contributed by atoms with van der Waals surface area (Å²) < 4.78 is 11.0. The molecular formula is C23H27ClN2O5S. The highest BCUT2D eigenvalue weighted by atomic mass is 35.5. The summed E-state index contributed by atoms with van der Waals surface area (Å²) in [5.74, 6) is 0.126. The zero-order valence-electron chi connectivity index (χ0n) is 17.9. The first-order chi connectivity index (χ1) is 15.3. The first-order valence-electron chi connectivity index (χ1n) is 11.2. The molecule has 1 aromatic heterocycles. The van der Waals surface area contributed by atoms with Crippen LogP contribution in [0.3, 0.4) is 0 Å². The van der Waals surface area contributed by atoms with Crippen LogP contribution in [0.4, 0.5) is 4.79 Å². The van der Waals surface area contributed by atoms with Crippen molar-refractivity contribution in [3.8, 4) is 0 Å². The largest absolute Gasteiger partial charge is 0.463 e. The van der Waals surface area contributed by atoms with Gasteiger partial charge in [0.2, 0.25) is 0 Å². The van der Waals surface area contributed by atoms with E-state index in [1.165, 1.54) is 11.3 Å². The van der Waals surface area contributed by atoms with Crippen LogP contribution in [-0.4, -0.2) is 36.1 Å². The van der Waals surface area contributed by atoms with E-state index in [1.54, 1.807) is 6.92 Å². The second-order valence-electron chi connectivity index (χ2n) is 9.63. The zero-order valence-corrected chi connectivity index (χ0v) is 19.5. The lowest BCUT2D eigenvalue weighted by molar-refractivity contribution is -0.169. The Morgan fingerprint density at radius 2 is 1.97 bits per heavy atom. The molecule has 4 bridgehead atoms. The van der Waals surface area contributed by atoms with Gasteiger partial charge in [-0.2, -0.15) is 0 Å². The summed E-state index contributed by atoms with van der Waals surface area (Å²) in [5.41, 5.74) is -0.0223. The molecule has 0 radical (unpaired) electrons. The molecule has 2 heterocycles. The number of carbonyl (C=O) groups is 3.